The Morgan fingerprint density at radius 2 is 2.17 bits per heavy atom. The molecule has 124 valence electrons. The Balaban J connectivity index is 1.55. The van der Waals surface area contributed by atoms with Gasteiger partial charge in [0.1, 0.15) is 5.01 Å². The van der Waals surface area contributed by atoms with Crippen LogP contribution in [0.3, 0.4) is 0 Å². The maximum atomic E-state index is 12.1. The lowest BCUT2D eigenvalue weighted by atomic mass is 10.2. The third-order valence-electron chi connectivity index (χ3n) is 3.65. The molecule has 0 spiro atoms. The molecule has 0 radical (unpaired) electrons. The first-order valence-electron chi connectivity index (χ1n) is 7.74. The zero-order chi connectivity index (χ0) is 16.9. The first-order valence-corrected chi connectivity index (χ1v) is 8.62. The highest BCUT2D eigenvalue weighted by Crippen LogP contribution is 2.25. The fraction of sp³-hybridized carbons (Fsp3) is 0.294. The highest BCUT2D eigenvalue weighted by Gasteiger charge is 2.14. The van der Waals surface area contributed by atoms with Crippen LogP contribution in [0, 0.1) is 0 Å². The van der Waals surface area contributed by atoms with Crippen LogP contribution in [0.5, 0.6) is 0 Å². The molecule has 0 saturated carbocycles. The van der Waals surface area contributed by atoms with Crippen molar-refractivity contribution in [3.63, 3.8) is 0 Å². The Bertz CT molecular complexity index is 811. The Hall–Kier alpha value is -2.54. The molecule has 1 N–H and O–H groups in total. The first kappa shape index (κ1) is 16.3. The van der Waals surface area contributed by atoms with Gasteiger partial charge in [-0.1, -0.05) is 0 Å². The Kier molecular flexibility index (Phi) is 5.00. The van der Waals surface area contributed by atoms with Gasteiger partial charge in [0.15, 0.2) is 0 Å². The van der Waals surface area contributed by atoms with Crippen molar-refractivity contribution in [1.82, 2.24) is 25.1 Å². The molecule has 0 bridgehead atoms. The lowest BCUT2D eigenvalue weighted by molar-refractivity contribution is -0.121. The molecule has 0 aliphatic carbocycles. The molecule has 7 heteroatoms. The van der Waals surface area contributed by atoms with Crippen LogP contribution in [-0.4, -0.2) is 25.7 Å². The quantitative estimate of drug-likeness (QED) is 0.748. The molecule has 3 heterocycles. The number of aryl methyl sites for hydroxylation is 2. The Morgan fingerprint density at radius 3 is 2.88 bits per heavy atom. The van der Waals surface area contributed by atoms with Crippen molar-refractivity contribution in [2.75, 3.05) is 0 Å². The number of hydrogen-bond donors (Lipinski definition) is 1. The van der Waals surface area contributed by atoms with Crippen molar-refractivity contribution in [2.24, 2.45) is 7.05 Å². The number of carbonyl (C=O) groups is 1. The second-order valence-electron chi connectivity index (χ2n) is 5.62. The van der Waals surface area contributed by atoms with Gasteiger partial charge in [0.2, 0.25) is 5.91 Å². The average molecular weight is 341 g/mol. The minimum absolute atomic E-state index is 0.0204. The molecule has 0 aliphatic heterocycles. The summed E-state index contributed by atoms with van der Waals surface area (Å²) < 4.78 is 1.74. The summed E-state index contributed by atoms with van der Waals surface area (Å²) in [6, 6.07) is 3.75. The van der Waals surface area contributed by atoms with Gasteiger partial charge in [-0.2, -0.15) is 5.10 Å². The fourth-order valence-corrected chi connectivity index (χ4v) is 3.21. The van der Waals surface area contributed by atoms with Crippen molar-refractivity contribution in [3.8, 4) is 11.3 Å². The van der Waals surface area contributed by atoms with Gasteiger partial charge in [-0.25, -0.2) is 4.98 Å². The number of nitrogens with zero attached hydrogens (tertiary/aromatic N) is 4. The number of amides is 1. The molecule has 0 saturated heterocycles. The van der Waals surface area contributed by atoms with Crippen LogP contribution < -0.4 is 5.32 Å². The predicted molar refractivity (Wildman–Crippen MR) is 93.4 cm³/mol. The largest absolute Gasteiger partial charge is 0.347 e. The van der Waals surface area contributed by atoms with Crippen LogP contribution >= 0.6 is 11.3 Å². The zero-order valence-electron chi connectivity index (χ0n) is 13.6. The summed E-state index contributed by atoms with van der Waals surface area (Å²) in [7, 11) is 1.87. The monoisotopic (exact) mass is 341 g/mol. The van der Waals surface area contributed by atoms with Crippen molar-refractivity contribution in [2.45, 2.75) is 25.8 Å². The second-order valence-corrected chi connectivity index (χ2v) is 6.51. The number of aromatic nitrogens is 4. The molecular formula is C17H19N5OS. The number of rotatable bonds is 6. The van der Waals surface area contributed by atoms with Crippen LogP contribution in [0.15, 0.2) is 42.3 Å². The molecule has 6 nitrogen and oxygen atoms in total. The summed E-state index contributed by atoms with van der Waals surface area (Å²) in [5.74, 6) is 0.0204. The van der Waals surface area contributed by atoms with Gasteiger partial charge < -0.3 is 5.32 Å². The van der Waals surface area contributed by atoms with E-state index in [9.17, 15) is 4.79 Å². The summed E-state index contributed by atoms with van der Waals surface area (Å²) in [5.41, 5.74) is 3.01. The van der Waals surface area contributed by atoms with E-state index in [4.69, 9.17) is 0 Å². The number of carbonyl (C=O) groups excluding carboxylic acids is 1. The zero-order valence-corrected chi connectivity index (χ0v) is 14.5. The first-order chi connectivity index (χ1) is 11.6. The number of hydrogen-bond acceptors (Lipinski definition) is 5. The second kappa shape index (κ2) is 7.35. The van der Waals surface area contributed by atoms with Crippen LogP contribution in [0.2, 0.25) is 0 Å². The average Bonchev–Trinajstić information content (AvgIpc) is 3.23. The van der Waals surface area contributed by atoms with Crippen molar-refractivity contribution in [1.29, 1.82) is 0 Å². The summed E-state index contributed by atoms with van der Waals surface area (Å²) in [6.45, 7) is 1.96. The number of thiazole rings is 1. The van der Waals surface area contributed by atoms with E-state index in [0.29, 0.717) is 12.8 Å². The molecule has 3 aromatic rings. The summed E-state index contributed by atoms with van der Waals surface area (Å²) in [5, 5.41) is 10.0. The van der Waals surface area contributed by atoms with Crippen LogP contribution in [0.25, 0.3) is 11.3 Å². The lowest BCUT2D eigenvalue weighted by Gasteiger charge is -2.10. The molecule has 3 rings (SSSR count). The number of pyridine rings is 1. The van der Waals surface area contributed by atoms with Crippen LogP contribution in [-0.2, 0) is 18.3 Å². The predicted octanol–water partition coefficient (Wildman–Crippen LogP) is 2.75. The highest BCUT2D eigenvalue weighted by molar-refractivity contribution is 7.10. The summed E-state index contributed by atoms with van der Waals surface area (Å²) in [6.07, 6.45) is 8.35. The topological polar surface area (TPSA) is 72.7 Å². The van der Waals surface area contributed by atoms with E-state index >= 15 is 0 Å². The van der Waals surface area contributed by atoms with E-state index in [0.717, 1.165) is 21.8 Å². The Labute approximate surface area is 144 Å². The van der Waals surface area contributed by atoms with Gasteiger partial charge in [-0.05, 0) is 31.0 Å². The minimum Gasteiger partial charge on any atom is -0.347 e. The molecule has 1 atom stereocenters. The number of nitrogens with one attached hydrogen (secondary N) is 1. The summed E-state index contributed by atoms with van der Waals surface area (Å²) in [4.78, 5) is 20.7. The Morgan fingerprint density at radius 1 is 1.38 bits per heavy atom. The maximum Gasteiger partial charge on any atom is 0.220 e. The van der Waals surface area contributed by atoms with Gasteiger partial charge in [0, 0.05) is 43.0 Å². The van der Waals surface area contributed by atoms with Gasteiger partial charge >= 0.3 is 0 Å². The van der Waals surface area contributed by atoms with Crippen LogP contribution in [0.4, 0.5) is 0 Å². The van der Waals surface area contributed by atoms with E-state index in [1.807, 2.05) is 37.7 Å². The fourth-order valence-electron chi connectivity index (χ4n) is 2.38. The third kappa shape index (κ3) is 4.05. The third-order valence-corrected chi connectivity index (χ3v) is 4.67. The molecule has 0 aromatic carbocycles. The molecule has 0 aliphatic rings. The summed E-state index contributed by atoms with van der Waals surface area (Å²) >= 11 is 1.55. The normalized spacial score (nSPS) is 12.1. The maximum absolute atomic E-state index is 12.1. The van der Waals surface area contributed by atoms with Gasteiger partial charge in [-0.15, -0.1) is 11.3 Å². The smallest absolute Gasteiger partial charge is 0.220 e. The lowest BCUT2D eigenvalue weighted by Crippen LogP contribution is -2.26. The minimum atomic E-state index is -0.105. The van der Waals surface area contributed by atoms with E-state index in [1.54, 1.807) is 34.6 Å². The van der Waals surface area contributed by atoms with E-state index in [-0.39, 0.29) is 11.9 Å². The highest BCUT2D eigenvalue weighted by atomic mass is 32.1. The molecule has 3 aromatic heterocycles. The van der Waals surface area contributed by atoms with Crippen molar-refractivity contribution >= 4 is 17.2 Å². The van der Waals surface area contributed by atoms with E-state index < -0.39 is 0 Å². The molecule has 24 heavy (non-hydrogen) atoms. The molecule has 1 unspecified atom stereocenters. The van der Waals surface area contributed by atoms with Gasteiger partial charge in [-0.3, -0.25) is 14.5 Å². The molecule has 0 fully saturated rings. The van der Waals surface area contributed by atoms with Crippen LogP contribution in [0.1, 0.15) is 30.0 Å². The van der Waals surface area contributed by atoms with Gasteiger partial charge in [0.05, 0.1) is 17.9 Å². The van der Waals surface area contributed by atoms with Gasteiger partial charge in [0.25, 0.3) is 0 Å². The van der Waals surface area contributed by atoms with Crippen molar-refractivity contribution < 1.29 is 4.79 Å². The molecule has 1 amide bonds. The van der Waals surface area contributed by atoms with E-state index in [1.165, 1.54) is 0 Å². The molecular weight excluding hydrogens is 322 g/mol. The standard InChI is InChI=1S/C17H19N5OS/c1-12(20-16(23)4-3-13-9-19-22(2)10-13)17-21-15(11-24-17)14-5-7-18-8-6-14/h5-12H,3-4H2,1-2H3,(H,20,23). The van der Waals surface area contributed by atoms with E-state index in [2.05, 4.69) is 20.4 Å². The van der Waals surface area contributed by atoms with Crippen molar-refractivity contribution in [3.05, 3.63) is 52.9 Å². The SMILES string of the molecule is CC(NC(=O)CCc1cnn(C)c1)c1nc(-c2ccncc2)cs1.